The molecule has 2 N–H and O–H groups in total. The fourth-order valence-electron chi connectivity index (χ4n) is 5.45. The van der Waals surface area contributed by atoms with Crippen LogP contribution in [0, 0.1) is 28.9 Å². The summed E-state index contributed by atoms with van der Waals surface area (Å²) < 4.78 is 5.96. The molecule has 1 aromatic carbocycles. The van der Waals surface area contributed by atoms with Gasteiger partial charge in [0, 0.05) is 63.8 Å². The van der Waals surface area contributed by atoms with E-state index in [0.717, 1.165) is 44.7 Å². The van der Waals surface area contributed by atoms with Crippen molar-refractivity contribution in [3.05, 3.63) is 47.0 Å². The number of nitrogens with one attached hydrogen (secondary N) is 1. The van der Waals surface area contributed by atoms with E-state index in [1.165, 1.54) is 5.57 Å². The third-order valence-electron chi connectivity index (χ3n) is 7.64. The molecule has 1 saturated heterocycles. The van der Waals surface area contributed by atoms with E-state index in [4.69, 9.17) is 9.62 Å². The number of hydrogen-bond acceptors (Lipinski definition) is 7. The van der Waals surface area contributed by atoms with Crippen molar-refractivity contribution in [2.45, 2.75) is 40.5 Å². The van der Waals surface area contributed by atoms with Crippen LogP contribution in [0.4, 0.5) is 5.69 Å². The Kier molecular flexibility index (Phi) is 8.01. The second-order valence-electron chi connectivity index (χ2n) is 10.3. The molecule has 2 heterocycles. The van der Waals surface area contributed by atoms with Gasteiger partial charge in [-0.05, 0) is 49.1 Å². The quantitative estimate of drug-likeness (QED) is 0.460. The summed E-state index contributed by atoms with van der Waals surface area (Å²) >= 11 is 0. The predicted octanol–water partition coefficient (Wildman–Crippen LogP) is 2.70. The average molecular weight is 484 g/mol. The zero-order valence-corrected chi connectivity index (χ0v) is 21.1. The maximum Gasteiger partial charge on any atom is 0.247 e. The van der Waals surface area contributed by atoms with Crippen LogP contribution in [0.1, 0.15) is 40.0 Å². The number of hydrogen-bond donors (Lipinski definition) is 2. The van der Waals surface area contributed by atoms with Gasteiger partial charge in [0.25, 0.3) is 0 Å². The Morgan fingerprint density at radius 3 is 2.49 bits per heavy atom. The molecule has 0 spiro atoms. The minimum absolute atomic E-state index is 0.169. The number of allylic oxidation sites excluding steroid dienone is 1. The Morgan fingerprint density at radius 1 is 1.20 bits per heavy atom. The van der Waals surface area contributed by atoms with Crippen LogP contribution < -0.4 is 5.23 Å². The van der Waals surface area contributed by atoms with Gasteiger partial charge in [-0.15, -0.1) is 10.2 Å². The van der Waals surface area contributed by atoms with Crippen molar-refractivity contribution in [1.82, 2.24) is 20.0 Å². The summed E-state index contributed by atoms with van der Waals surface area (Å²) in [4.78, 5) is 16.1. The molecule has 1 fully saturated rings. The molecule has 1 aliphatic heterocycles. The van der Waals surface area contributed by atoms with E-state index in [9.17, 15) is 10.0 Å². The predicted molar refractivity (Wildman–Crippen MR) is 132 cm³/mol. The van der Waals surface area contributed by atoms with Crippen LogP contribution in [-0.2, 0) is 11.2 Å². The number of amides is 1. The van der Waals surface area contributed by atoms with Gasteiger partial charge in [0.05, 0.1) is 0 Å². The number of aromatic nitrogens is 2. The van der Waals surface area contributed by atoms with E-state index in [2.05, 4.69) is 41.9 Å². The molecule has 190 valence electrons. The summed E-state index contributed by atoms with van der Waals surface area (Å²) in [6, 6.07) is 6.48. The topological polar surface area (TPSA) is 110 Å². The van der Waals surface area contributed by atoms with Crippen molar-refractivity contribution in [2.75, 3.05) is 32.7 Å². The highest BCUT2D eigenvalue weighted by Gasteiger charge is 2.34. The van der Waals surface area contributed by atoms with E-state index in [0.29, 0.717) is 41.9 Å². The van der Waals surface area contributed by atoms with Crippen LogP contribution in [0.5, 0.6) is 0 Å². The minimum atomic E-state index is -0.960. The largest absolute Gasteiger partial charge is 0.595 e. The number of carbonyl (C=O) groups is 1. The zero-order valence-electron chi connectivity index (χ0n) is 21.1. The fraction of sp³-hybridized carbons (Fsp3) is 0.577. The number of rotatable bonds is 7. The number of quaternary nitrogens is 1. The summed E-state index contributed by atoms with van der Waals surface area (Å²) in [6.07, 6.45) is 4.25. The first-order valence-electron chi connectivity index (χ1n) is 12.5. The van der Waals surface area contributed by atoms with Crippen LogP contribution >= 0.6 is 0 Å². The molecule has 4 rings (SSSR count). The minimum Gasteiger partial charge on any atom is -0.595 e. The summed E-state index contributed by atoms with van der Waals surface area (Å²) in [7, 11) is 0. The van der Waals surface area contributed by atoms with Gasteiger partial charge in [0.1, 0.15) is 0 Å². The van der Waals surface area contributed by atoms with E-state index in [1.54, 1.807) is 31.2 Å². The normalized spacial score (nSPS) is 24.5. The SMILES string of the molecule is CC(=O)N1CCN(C[C@@H]2C=C(C)[C@H](Cc3nnc(-c4ccc([NH+]([O-])O)cc4)o3)C[C@H]2C(C)C)CC1. The van der Waals surface area contributed by atoms with Crippen LogP contribution in [0.15, 0.2) is 40.3 Å². The van der Waals surface area contributed by atoms with Crippen LogP contribution in [-0.4, -0.2) is 63.8 Å². The Balaban J connectivity index is 1.41. The molecule has 0 bridgehead atoms. The third kappa shape index (κ3) is 6.16. The van der Waals surface area contributed by atoms with Crippen LogP contribution in [0.2, 0.25) is 0 Å². The van der Waals surface area contributed by atoms with Gasteiger partial charge in [-0.25, -0.2) is 5.21 Å². The van der Waals surface area contributed by atoms with Gasteiger partial charge in [-0.3, -0.25) is 9.69 Å². The first-order chi connectivity index (χ1) is 16.7. The maximum absolute atomic E-state index is 11.6. The van der Waals surface area contributed by atoms with E-state index < -0.39 is 5.23 Å². The lowest BCUT2D eigenvalue weighted by Crippen LogP contribution is -2.99. The highest BCUT2D eigenvalue weighted by Crippen LogP contribution is 2.39. The van der Waals surface area contributed by atoms with Crippen molar-refractivity contribution in [2.24, 2.45) is 23.7 Å². The first-order valence-corrected chi connectivity index (χ1v) is 12.5. The second-order valence-corrected chi connectivity index (χ2v) is 10.3. The van der Waals surface area contributed by atoms with E-state index in [1.807, 2.05) is 4.90 Å². The van der Waals surface area contributed by atoms with Crippen molar-refractivity contribution in [1.29, 1.82) is 0 Å². The number of nitrogens with zero attached hydrogens (tertiary/aromatic N) is 4. The standard InChI is InChI=1S/C26H37N5O4/c1-17(2)24-14-21(18(3)13-22(24)16-29-9-11-30(12-10-29)19(4)32)15-25-27-28-26(35-25)20-5-7-23(8-6-20)31(33)34/h5-8,13,17,21-22,24,31,33H,9-12,14-16H2,1-4H3/t21-,22-,24-/m0/s1. The van der Waals surface area contributed by atoms with Gasteiger partial charge in [-0.1, -0.05) is 25.5 Å². The zero-order chi connectivity index (χ0) is 25.1. The van der Waals surface area contributed by atoms with Gasteiger partial charge in [-0.2, -0.15) is 5.23 Å². The van der Waals surface area contributed by atoms with E-state index in [-0.39, 0.29) is 11.6 Å². The monoisotopic (exact) mass is 483 g/mol. The van der Waals surface area contributed by atoms with Gasteiger partial charge in [0.2, 0.25) is 17.7 Å². The maximum atomic E-state index is 11.6. The highest BCUT2D eigenvalue weighted by atomic mass is 16.8. The Hall–Kier alpha value is -2.59. The molecule has 1 aromatic heterocycles. The average Bonchev–Trinajstić information content (AvgIpc) is 3.29. The molecule has 1 aliphatic carbocycles. The molecule has 4 atom stereocenters. The van der Waals surface area contributed by atoms with Crippen molar-refractivity contribution in [3.8, 4) is 11.5 Å². The molecule has 2 aliphatic rings. The van der Waals surface area contributed by atoms with Crippen molar-refractivity contribution >= 4 is 11.6 Å². The lowest BCUT2D eigenvalue weighted by molar-refractivity contribution is -0.991. The second kappa shape index (κ2) is 11.0. The first kappa shape index (κ1) is 25.5. The molecule has 2 aromatic rings. The molecule has 1 amide bonds. The van der Waals surface area contributed by atoms with Crippen molar-refractivity contribution in [3.63, 3.8) is 0 Å². The Bertz CT molecular complexity index is 1020. The molecular weight excluding hydrogens is 446 g/mol. The number of carbonyl (C=O) groups excluding carboxylic acids is 1. The molecule has 35 heavy (non-hydrogen) atoms. The van der Waals surface area contributed by atoms with Gasteiger partial charge in [0.15, 0.2) is 5.69 Å². The number of piperazine rings is 1. The summed E-state index contributed by atoms with van der Waals surface area (Å²) in [6.45, 7) is 13.0. The van der Waals surface area contributed by atoms with Crippen LogP contribution in [0.3, 0.4) is 0 Å². The highest BCUT2D eigenvalue weighted by molar-refractivity contribution is 5.73. The van der Waals surface area contributed by atoms with E-state index >= 15 is 0 Å². The smallest absolute Gasteiger partial charge is 0.247 e. The molecule has 0 saturated carbocycles. The lowest BCUT2D eigenvalue weighted by atomic mass is 9.69. The number of benzene rings is 1. The molecule has 9 nitrogen and oxygen atoms in total. The van der Waals surface area contributed by atoms with Crippen molar-refractivity contribution < 1.29 is 19.6 Å². The summed E-state index contributed by atoms with van der Waals surface area (Å²) in [5.74, 6) is 3.19. The fourth-order valence-corrected chi connectivity index (χ4v) is 5.45. The Labute approximate surface area is 206 Å². The van der Waals surface area contributed by atoms with Gasteiger partial charge < -0.3 is 14.5 Å². The van der Waals surface area contributed by atoms with Gasteiger partial charge >= 0.3 is 0 Å². The molecular formula is C26H37N5O4. The summed E-state index contributed by atoms with van der Waals surface area (Å²) in [5.41, 5.74) is 2.32. The van der Waals surface area contributed by atoms with Crippen LogP contribution in [0.25, 0.3) is 11.5 Å². The third-order valence-corrected chi connectivity index (χ3v) is 7.64. The Morgan fingerprint density at radius 2 is 1.89 bits per heavy atom. The lowest BCUT2D eigenvalue weighted by Gasteiger charge is -2.41. The summed E-state index contributed by atoms with van der Waals surface area (Å²) in [5, 5.41) is 27.7. The molecule has 9 heteroatoms. The molecule has 1 unspecified atom stereocenters. The molecule has 0 radical (unpaired) electrons.